The van der Waals surface area contributed by atoms with Crippen LogP contribution in [0.3, 0.4) is 0 Å². The molecule has 3 aromatic rings. The number of pyridine rings is 1. The number of hydrogen-bond acceptors (Lipinski definition) is 6. The molecule has 1 N–H and O–H groups in total. The fourth-order valence-corrected chi connectivity index (χ4v) is 3.02. The highest BCUT2D eigenvalue weighted by molar-refractivity contribution is 5.46. The van der Waals surface area contributed by atoms with Gasteiger partial charge in [0.05, 0.1) is 21.3 Å². The Morgan fingerprint density at radius 1 is 0.793 bits per heavy atom. The third kappa shape index (κ3) is 5.39. The number of benzene rings is 2. The van der Waals surface area contributed by atoms with Crippen LogP contribution in [0, 0.1) is 0 Å². The van der Waals surface area contributed by atoms with Crippen LogP contribution in [0.25, 0.3) is 0 Å². The lowest BCUT2D eigenvalue weighted by Gasteiger charge is -2.14. The molecule has 3 rings (SSSR count). The summed E-state index contributed by atoms with van der Waals surface area (Å²) in [5.74, 6) is 2.88. The minimum absolute atomic E-state index is 0.433. The van der Waals surface area contributed by atoms with E-state index in [2.05, 4.69) is 10.3 Å². The highest BCUT2D eigenvalue weighted by Gasteiger charge is 2.10. The lowest BCUT2D eigenvalue weighted by atomic mass is 10.1. The van der Waals surface area contributed by atoms with Gasteiger partial charge in [-0.15, -0.1) is 0 Å². The van der Waals surface area contributed by atoms with E-state index in [-0.39, 0.29) is 0 Å². The lowest BCUT2D eigenvalue weighted by Crippen LogP contribution is -2.14. The van der Waals surface area contributed by atoms with Crippen molar-refractivity contribution in [3.8, 4) is 23.0 Å². The van der Waals surface area contributed by atoms with Gasteiger partial charge < -0.3 is 24.3 Å². The number of aromatic nitrogens is 1. The van der Waals surface area contributed by atoms with Gasteiger partial charge in [0.15, 0.2) is 23.0 Å². The zero-order valence-electron chi connectivity index (χ0n) is 17.0. The van der Waals surface area contributed by atoms with Crippen molar-refractivity contribution in [2.75, 3.05) is 21.3 Å². The molecule has 0 spiro atoms. The molecule has 152 valence electrons. The van der Waals surface area contributed by atoms with E-state index in [0.29, 0.717) is 31.2 Å². The number of ether oxygens (including phenoxy) is 4. The maximum absolute atomic E-state index is 5.96. The van der Waals surface area contributed by atoms with Crippen molar-refractivity contribution >= 4 is 0 Å². The SMILES string of the molecule is COc1ccc(CNCc2cccc(OC)c2OC)cc1OCc1cccnc1. The van der Waals surface area contributed by atoms with Crippen LogP contribution >= 0.6 is 0 Å². The Morgan fingerprint density at radius 3 is 2.38 bits per heavy atom. The second kappa shape index (κ2) is 10.3. The van der Waals surface area contributed by atoms with E-state index < -0.39 is 0 Å². The lowest BCUT2D eigenvalue weighted by molar-refractivity contribution is 0.283. The predicted molar refractivity (Wildman–Crippen MR) is 112 cm³/mol. The summed E-state index contributed by atoms with van der Waals surface area (Å²) < 4.78 is 22.2. The van der Waals surface area contributed by atoms with Gasteiger partial charge in [-0.25, -0.2) is 0 Å². The number of para-hydroxylation sites is 1. The number of methoxy groups -OCH3 is 3. The van der Waals surface area contributed by atoms with Crippen molar-refractivity contribution < 1.29 is 18.9 Å². The summed E-state index contributed by atoms with van der Waals surface area (Å²) >= 11 is 0. The Bertz CT molecular complexity index is 916. The van der Waals surface area contributed by atoms with E-state index >= 15 is 0 Å². The Morgan fingerprint density at radius 2 is 1.66 bits per heavy atom. The molecule has 0 atom stereocenters. The van der Waals surface area contributed by atoms with Gasteiger partial charge in [-0.2, -0.15) is 0 Å². The molecule has 29 heavy (non-hydrogen) atoms. The van der Waals surface area contributed by atoms with Crippen LogP contribution in [0.15, 0.2) is 60.9 Å². The molecule has 0 fully saturated rings. The molecule has 0 aliphatic carbocycles. The van der Waals surface area contributed by atoms with Crippen LogP contribution in [-0.4, -0.2) is 26.3 Å². The van der Waals surface area contributed by atoms with Crippen molar-refractivity contribution in [1.29, 1.82) is 0 Å². The topological polar surface area (TPSA) is 61.8 Å². The first-order chi connectivity index (χ1) is 14.2. The number of nitrogens with one attached hydrogen (secondary N) is 1. The Labute approximate surface area is 171 Å². The van der Waals surface area contributed by atoms with E-state index in [1.807, 2.05) is 48.5 Å². The van der Waals surface area contributed by atoms with E-state index in [4.69, 9.17) is 18.9 Å². The molecule has 0 amide bonds. The van der Waals surface area contributed by atoms with E-state index in [1.54, 1.807) is 33.7 Å². The highest BCUT2D eigenvalue weighted by Crippen LogP contribution is 2.31. The quantitative estimate of drug-likeness (QED) is 0.561. The summed E-state index contributed by atoms with van der Waals surface area (Å²) in [5, 5.41) is 3.44. The molecule has 2 aromatic carbocycles. The molecule has 0 unspecified atom stereocenters. The van der Waals surface area contributed by atoms with Crippen LogP contribution in [0.2, 0.25) is 0 Å². The average Bonchev–Trinajstić information content (AvgIpc) is 2.78. The summed E-state index contributed by atoms with van der Waals surface area (Å²) in [6, 6.07) is 15.7. The summed E-state index contributed by atoms with van der Waals surface area (Å²) in [6.07, 6.45) is 3.53. The largest absolute Gasteiger partial charge is 0.493 e. The van der Waals surface area contributed by atoms with Crippen LogP contribution in [-0.2, 0) is 19.7 Å². The average molecular weight is 394 g/mol. The van der Waals surface area contributed by atoms with Gasteiger partial charge in [-0.3, -0.25) is 4.98 Å². The first-order valence-corrected chi connectivity index (χ1v) is 9.34. The van der Waals surface area contributed by atoms with Gasteiger partial charge in [-0.05, 0) is 29.8 Å². The monoisotopic (exact) mass is 394 g/mol. The molecule has 0 aliphatic heterocycles. The van der Waals surface area contributed by atoms with Crippen molar-refractivity contribution in [1.82, 2.24) is 10.3 Å². The van der Waals surface area contributed by atoms with Crippen molar-refractivity contribution in [2.45, 2.75) is 19.7 Å². The number of hydrogen-bond donors (Lipinski definition) is 1. The minimum atomic E-state index is 0.433. The maximum atomic E-state index is 5.96. The normalized spacial score (nSPS) is 10.4. The molecular formula is C23H26N2O4. The maximum Gasteiger partial charge on any atom is 0.165 e. The van der Waals surface area contributed by atoms with Crippen LogP contribution in [0.4, 0.5) is 0 Å². The molecule has 1 heterocycles. The van der Waals surface area contributed by atoms with E-state index in [0.717, 1.165) is 28.2 Å². The molecular weight excluding hydrogens is 368 g/mol. The summed E-state index contributed by atoms with van der Waals surface area (Å²) in [7, 11) is 4.93. The fraction of sp³-hybridized carbons (Fsp3) is 0.261. The second-order valence-electron chi connectivity index (χ2n) is 6.39. The third-order valence-electron chi connectivity index (χ3n) is 4.47. The number of rotatable bonds is 10. The standard InChI is InChI=1S/C23H26N2O4/c1-26-20-10-9-17(12-22(20)29-16-18-6-5-11-24-14-18)13-25-15-19-7-4-8-21(27-2)23(19)28-3/h4-12,14,25H,13,15-16H2,1-3H3. The summed E-state index contributed by atoms with van der Waals surface area (Å²) in [4.78, 5) is 4.11. The third-order valence-corrected chi connectivity index (χ3v) is 4.47. The van der Waals surface area contributed by atoms with Crippen molar-refractivity contribution in [2.24, 2.45) is 0 Å². The molecule has 1 aromatic heterocycles. The molecule has 0 saturated carbocycles. The van der Waals surface area contributed by atoms with Crippen molar-refractivity contribution in [3.63, 3.8) is 0 Å². The second-order valence-corrected chi connectivity index (χ2v) is 6.39. The zero-order valence-corrected chi connectivity index (χ0v) is 17.0. The van der Waals surface area contributed by atoms with Gasteiger partial charge in [0, 0.05) is 36.6 Å². The highest BCUT2D eigenvalue weighted by atomic mass is 16.5. The van der Waals surface area contributed by atoms with Crippen LogP contribution in [0.5, 0.6) is 23.0 Å². The van der Waals surface area contributed by atoms with Gasteiger partial charge in [0.1, 0.15) is 6.61 Å². The Kier molecular flexibility index (Phi) is 7.30. The Hall–Kier alpha value is -3.25. The van der Waals surface area contributed by atoms with Crippen LogP contribution < -0.4 is 24.3 Å². The summed E-state index contributed by atoms with van der Waals surface area (Å²) in [6.45, 7) is 1.76. The van der Waals surface area contributed by atoms with Crippen molar-refractivity contribution in [3.05, 3.63) is 77.6 Å². The zero-order chi connectivity index (χ0) is 20.5. The van der Waals surface area contributed by atoms with E-state index in [1.165, 1.54) is 0 Å². The van der Waals surface area contributed by atoms with Gasteiger partial charge in [-0.1, -0.05) is 24.3 Å². The smallest absolute Gasteiger partial charge is 0.165 e. The molecule has 0 radical (unpaired) electrons. The fourth-order valence-electron chi connectivity index (χ4n) is 3.02. The first kappa shape index (κ1) is 20.5. The molecule has 6 heteroatoms. The molecule has 0 saturated heterocycles. The minimum Gasteiger partial charge on any atom is -0.493 e. The predicted octanol–water partition coefficient (Wildman–Crippen LogP) is 3.98. The molecule has 6 nitrogen and oxygen atoms in total. The van der Waals surface area contributed by atoms with Gasteiger partial charge in [0.2, 0.25) is 0 Å². The molecule has 0 bridgehead atoms. The van der Waals surface area contributed by atoms with Crippen LogP contribution in [0.1, 0.15) is 16.7 Å². The first-order valence-electron chi connectivity index (χ1n) is 9.34. The van der Waals surface area contributed by atoms with Gasteiger partial charge in [0.25, 0.3) is 0 Å². The van der Waals surface area contributed by atoms with Gasteiger partial charge >= 0.3 is 0 Å². The summed E-state index contributed by atoms with van der Waals surface area (Å²) in [5.41, 5.74) is 3.13. The molecule has 0 aliphatic rings. The Balaban J connectivity index is 1.64. The number of nitrogens with zero attached hydrogens (tertiary/aromatic N) is 1. The van der Waals surface area contributed by atoms with E-state index in [9.17, 15) is 0 Å².